The summed E-state index contributed by atoms with van der Waals surface area (Å²) in [6.07, 6.45) is 7.49. The smallest absolute Gasteiger partial charge is 0.251 e. The van der Waals surface area contributed by atoms with E-state index in [9.17, 15) is 4.79 Å². The number of aromatic nitrogens is 3. The van der Waals surface area contributed by atoms with E-state index in [0.717, 1.165) is 63.4 Å². The highest BCUT2D eigenvalue weighted by atomic mass is 32.1. The average molecular weight is 346 g/mol. The molecule has 2 fully saturated rings. The van der Waals surface area contributed by atoms with Gasteiger partial charge in [-0.2, -0.15) is 0 Å². The SMILES string of the molecule is O=C([C@H]1CCCO1)N1CCC(c2nccn2Cc2cscn2)CC1. The molecule has 0 aromatic carbocycles. The summed E-state index contributed by atoms with van der Waals surface area (Å²) in [6, 6.07) is 0. The van der Waals surface area contributed by atoms with Crippen molar-refractivity contribution in [1.82, 2.24) is 19.4 Å². The number of nitrogens with zero attached hydrogens (tertiary/aromatic N) is 4. The Bertz CT molecular complexity index is 671. The van der Waals surface area contributed by atoms with E-state index < -0.39 is 0 Å². The third-order valence-electron chi connectivity index (χ3n) is 4.94. The molecule has 2 aliphatic rings. The van der Waals surface area contributed by atoms with E-state index in [1.54, 1.807) is 11.3 Å². The third kappa shape index (κ3) is 3.23. The Hall–Kier alpha value is -1.73. The Kier molecular flexibility index (Phi) is 4.62. The summed E-state index contributed by atoms with van der Waals surface area (Å²) in [6.45, 7) is 3.09. The maximum absolute atomic E-state index is 12.4. The zero-order valence-electron chi connectivity index (χ0n) is 13.6. The fourth-order valence-corrected chi connectivity index (χ4v) is 4.19. The molecule has 0 aliphatic carbocycles. The number of amides is 1. The second-order valence-corrected chi connectivity index (χ2v) is 7.21. The third-order valence-corrected chi connectivity index (χ3v) is 5.58. The lowest BCUT2D eigenvalue weighted by Gasteiger charge is -2.33. The van der Waals surface area contributed by atoms with Crippen molar-refractivity contribution in [2.45, 2.75) is 44.2 Å². The van der Waals surface area contributed by atoms with Gasteiger partial charge in [-0.25, -0.2) is 9.97 Å². The highest BCUT2D eigenvalue weighted by Crippen LogP contribution is 2.28. The van der Waals surface area contributed by atoms with Gasteiger partial charge in [0, 0.05) is 43.4 Å². The maximum atomic E-state index is 12.4. The van der Waals surface area contributed by atoms with Crippen LogP contribution in [0.5, 0.6) is 0 Å². The predicted octanol–water partition coefficient (Wildman–Crippen LogP) is 2.27. The predicted molar refractivity (Wildman–Crippen MR) is 91.0 cm³/mol. The van der Waals surface area contributed by atoms with E-state index in [4.69, 9.17) is 4.74 Å². The number of thiazole rings is 1. The molecule has 1 amide bonds. The van der Waals surface area contributed by atoms with Crippen LogP contribution in [0, 0.1) is 0 Å². The Morgan fingerprint density at radius 2 is 2.17 bits per heavy atom. The summed E-state index contributed by atoms with van der Waals surface area (Å²) in [7, 11) is 0. The molecular weight excluding hydrogens is 324 g/mol. The Morgan fingerprint density at radius 3 is 2.88 bits per heavy atom. The van der Waals surface area contributed by atoms with E-state index in [-0.39, 0.29) is 12.0 Å². The lowest BCUT2D eigenvalue weighted by Crippen LogP contribution is -2.43. The van der Waals surface area contributed by atoms with Crippen LogP contribution >= 0.6 is 11.3 Å². The molecule has 0 bridgehead atoms. The van der Waals surface area contributed by atoms with Gasteiger partial charge in [-0.05, 0) is 25.7 Å². The molecule has 2 aromatic rings. The van der Waals surface area contributed by atoms with Gasteiger partial charge in [-0.1, -0.05) is 0 Å². The summed E-state index contributed by atoms with van der Waals surface area (Å²) in [5.41, 5.74) is 2.94. The molecule has 2 aromatic heterocycles. The number of hydrogen-bond donors (Lipinski definition) is 0. The van der Waals surface area contributed by atoms with Crippen LogP contribution in [0.1, 0.15) is 43.1 Å². The first-order valence-electron chi connectivity index (χ1n) is 8.60. The fraction of sp³-hybridized carbons (Fsp3) is 0.588. The van der Waals surface area contributed by atoms with Gasteiger partial charge in [-0.15, -0.1) is 11.3 Å². The van der Waals surface area contributed by atoms with E-state index in [1.807, 2.05) is 22.8 Å². The van der Waals surface area contributed by atoms with E-state index >= 15 is 0 Å². The van der Waals surface area contributed by atoms with Gasteiger partial charge in [0.15, 0.2) is 0 Å². The Labute approximate surface area is 145 Å². The van der Waals surface area contributed by atoms with Crippen molar-refractivity contribution in [3.05, 3.63) is 34.8 Å². The summed E-state index contributed by atoms with van der Waals surface area (Å²) >= 11 is 1.62. The lowest BCUT2D eigenvalue weighted by atomic mass is 9.95. The van der Waals surface area contributed by atoms with Crippen LogP contribution in [0.15, 0.2) is 23.3 Å². The quantitative estimate of drug-likeness (QED) is 0.852. The Morgan fingerprint density at radius 1 is 1.29 bits per heavy atom. The van der Waals surface area contributed by atoms with Gasteiger partial charge in [0.2, 0.25) is 0 Å². The number of piperidine rings is 1. The molecular formula is C17H22N4O2S. The zero-order chi connectivity index (χ0) is 16.4. The minimum Gasteiger partial charge on any atom is -0.368 e. The van der Waals surface area contributed by atoms with Crippen LogP contribution in [-0.2, 0) is 16.1 Å². The van der Waals surface area contributed by atoms with Crippen molar-refractivity contribution in [2.75, 3.05) is 19.7 Å². The van der Waals surface area contributed by atoms with Crippen molar-refractivity contribution in [3.8, 4) is 0 Å². The number of carbonyl (C=O) groups is 1. The van der Waals surface area contributed by atoms with Gasteiger partial charge >= 0.3 is 0 Å². The van der Waals surface area contributed by atoms with Crippen molar-refractivity contribution in [3.63, 3.8) is 0 Å². The second-order valence-electron chi connectivity index (χ2n) is 6.49. The largest absolute Gasteiger partial charge is 0.368 e. The minimum atomic E-state index is -0.201. The summed E-state index contributed by atoms with van der Waals surface area (Å²) in [4.78, 5) is 23.4. The standard InChI is InChI=1S/C17H22N4O2S/c22-17(15-2-1-9-23-15)20-6-3-13(4-7-20)16-18-5-8-21(16)10-14-11-24-12-19-14/h5,8,11-13,15H,1-4,6-7,9-10H2/t15-/m1/s1. The van der Waals surface area contributed by atoms with Crippen LogP contribution in [0.4, 0.5) is 0 Å². The molecule has 4 rings (SSSR count). The van der Waals surface area contributed by atoms with E-state index in [2.05, 4.69) is 19.9 Å². The van der Waals surface area contributed by atoms with E-state index in [0.29, 0.717) is 5.92 Å². The van der Waals surface area contributed by atoms with Crippen molar-refractivity contribution < 1.29 is 9.53 Å². The van der Waals surface area contributed by atoms with Gasteiger partial charge in [0.05, 0.1) is 17.7 Å². The number of ether oxygens (including phenoxy) is 1. The van der Waals surface area contributed by atoms with Gasteiger partial charge in [0.1, 0.15) is 11.9 Å². The fourth-order valence-electron chi connectivity index (χ4n) is 3.64. The maximum Gasteiger partial charge on any atom is 0.251 e. The average Bonchev–Trinajstić information content (AvgIpc) is 3.37. The molecule has 128 valence electrons. The molecule has 0 spiro atoms. The van der Waals surface area contributed by atoms with Crippen LogP contribution in [0.2, 0.25) is 0 Å². The highest BCUT2D eigenvalue weighted by Gasteiger charge is 2.32. The van der Waals surface area contributed by atoms with Crippen LogP contribution in [0.3, 0.4) is 0 Å². The number of likely N-dealkylation sites (tertiary alicyclic amines) is 1. The van der Waals surface area contributed by atoms with Crippen molar-refractivity contribution in [1.29, 1.82) is 0 Å². The first-order valence-corrected chi connectivity index (χ1v) is 9.54. The first-order chi connectivity index (χ1) is 11.8. The van der Waals surface area contributed by atoms with Crippen LogP contribution < -0.4 is 0 Å². The molecule has 1 atom stereocenters. The number of carbonyl (C=O) groups excluding carboxylic acids is 1. The minimum absolute atomic E-state index is 0.178. The molecule has 6 nitrogen and oxygen atoms in total. The normalized spacial score (nSPS) is 22.2. The molecule has 2 saturated heterocycles. The van der Waals surface area contributed by atoms with Gasteiger partial charge in [0.25, 0.3) is 5.91 Å². The second kappa shape index (κ2) is 7.03. The molecule has 7 heteroatoms. The number of imidazole rings is 1. The Balaban J connectivity index is 1.37. The molecule has 0 saturated carbocycles. The molecule has 2 aliphatic heterocycles. The highest BCUT2D eigenvalue weighted by molar-refractivity contribution is 7.07. The molecule has 24 heavy (non-hydrogen) atoms. The van der Waals surface area contributed by atoms with Gasteiger partial charge < -0.3 is 14.2 Å². The van der Waals surface area contributed by atoms with Crippen LogP contribution in [-0.4, -0.2) is 51.1 Å². The van der Waals surface area contributed by atoms with Crippen molar-refractivity contribution >= 4 is 17.2 Å². The summed E-state index contributed by atoms with van der Waals surface area (Å²) in [5, 5.41) is 2.08. The zero-order valence-corrected chi connectivity index (χ0v) is 14.5. The molecule has 4 heterocycles. The first kappa shape index (κ1) is 15.8. The van der Waals surface area contributed by atoms with E-state index in [1.165, 1.54) is 0 Å². The summed E-state index contributed by atoms with van der Waals surface area (Å²) < 4.78 is 7.72. The summed E-state index contributed by atoms with van der Waals surface area (Å²) in [5.74, 6) is 1.70. The van der Waals surface area contributed by atoms with Gasteiger partial charge in [-0.3, -0.25) is 4.79 Å². The van der Waals surface area contributed by atoms with Crippen LogP contribution in [0.25, 0.3) is 0 Å². The molecule has 0 N–H and O–H groups in total. The molecule has 0 unspecified atom stereocenters. The topological polar surface area (TPSA) is 60.2 Å². The lowest BCUT2D eigenvalue weighted by molar-refractivity contribution is -0.142. The number of hydrogen-bond acceptors (Lipinski definition) is 5. The monoisotopic (exact) mass is 346 g/mol. The molecule has 0 radical (unpaired) electrons. The number of rotatable bonds is 4. The van der Waals surface area contributed by atoms with Crippen molar-refractivity contribution in [2.24, 2.45) is 0 Å².